The Morgan fingerprint density at radius 2 is 1.45 bits per heavy atom. The van der Waals surface area contributed by atoms with Crippen LogP contribution in [0.1, 0.15) is 6.92 Å². The first kappa shape index (κ1) is 9.72. The fourth-order valence-electron chi connectivity index (χ4n) is 0.812. The van der Waals surface area contributed by atoms with Gasteiger partial charge in [-0.05, 0) is 6.92 Å². The zero-order chi connectivity index (χ0) is 9.08. The number of carboxylic acids is 1. The second-order valence-corrected chi connectivity index (χ2v) is 5.23. The number of carboxylic acid groups (broad SMARTS) is 1. The molecular weight excluding hydrogens is 234 g/mol. The fraction of sp³-hybridized carbons (Fsp3) is 0.800. The van der Waals surface area contributed by atoms with Gasteiger partial charge in [0.05, 0.1) is 0 Å². The molecule has 0 unspecified atom stereocenters. The Morgan fingerprint density at radius 3 is 1.45 bits per heavy atom. The Balaban J connectivity index is 3.06. The third-order valence-electron chi connectivity index (χ3n) is 2.02. The maximum atomic E-state index is 10.6. The molecule has 6 heteroatoms. The lowest BCUT2D eigenvalue weighted by molar-refractivity contribution is -0.142. The summed E-state index contributed by atoms with van der Waals surface area (Å²) >= 11 is 22.2. The largest absolute Gasteiger partial charge is 0.481 e. The summed E-state index contributed by atoms with van der Waals surface area (Å²) in [5.74, 6) is -1.20. The van der Waals surface area contributed by atoms with Gasteiger partial charge < -0.3 is 5.11 Å². The standard InChI is InChI=1S/C5H4Cl4O2/c1-3(2(10)11)4(6,7)5(3,8)9/h1H3,(H,10,11). The van der Waals surface area contributed by atoms with Crippen molar-refractivity contribution in [1.82, 2.24) is 0 Å². The lowest BCUT2D eigenvalue weighted by Crippen LogP contribution is -2.18. The quantitative estimate of drug-likeness (QED) is 0.712. The van der Waals surface area contributed by atoms with Crippen LogP contribution in [-0.2, 0) is 4.79 Å². The van der Waals surface area contributed by atoms with Crippen molar-refractivity contribution in [2.24, 2.45) is 5.41 Å². The summed E-state index contributed by atoms with van der Waals surface area (Å²) in [7, 11) is 0. The minimum absolute atomic E-state index is 1.20. The van der Waals surface area contributed by atoms with Crippen LogP contribution in [0.2, 0.25) is 0 Å². The van der Waals surface area contributed by atoms with E-state index in [1.54, 1.807) is 0 Å². The van der Waals surface area contributed by atoms with Gasteiger partial charge in [-0.3, -0.25) is 4.79 Å². The van der Waals surface area contributed by atoms with Gasteiger partial charge in [-0.25, -0.2) is 0 Å². The maximum absolute atomic E-state index is 10.6. The van der Waals surface area contributed by atoms with Gasteiger partial charge in [0.15, 0.2) is 8.67 Å². The van der Waals surface area contributed by atoms with Crippen LogP contribution < -0.4 is 0 Å². The van der Waals surface area contributed by atoms with E-state index in [9.17, 15) is 4.79 Å². The Bertz CT molecular complexity index is 209. The van der Waals surface area contributed by atoms with Gasteiger partial charge in [-0.15, -0.1) is 0 Å². The molecule has 1 saturated carbocycles. The van der Waals surface area contributed by atoms with E-state index in [1.807, 2.05) is 0 Å². The van der Waals surface area contributed by atoms with E-state index in [0.717, 1.165) is 0 Å². The summed E-state index contributed by atoms with van der Waals surface area (Å²) in [6, 6.07) is 0. The minimum Gasteiger partial charge on any atom is -0.481 e. The molecule has 0 aromatic rings. The molecule has 0 spiro atoms. The molecule has 0 aromatic carbocycles. The topological polar surface area (TPSA) is 37.3 Å². The molecule has 1 fully saturated rings. The van der Waals surface area contributed by atoms with Crippen molar-refractivity contribution in [3.8, 4) is 0 Å². The van der Waals surface area contributed by atoms with Crippen LogP contribution in [0, 0.1) is 5.41 Å². The van der Waals surface area contributed by atoms with Crippen molar-refractivity contribution in [2.45, 2.75) is 15.6 Å². The monoisotopic (exact) mass is 236 g/mol. The van der Waals surface area contributed by atoms with Crippen molar-refractivity contribution >= 4 is 52.4 Å². The number of aliphatic carboxylic acids is 1. The first-order valence-electron chi connectivity index (χ1n) is 2.68. The molecular formula is C5H4Cl4O2. The number of halogens is 4. The van der Waals surface area contributed by atoms with Crippen LogP contribution in [0.25, 0.3) is 0 Å². The number of alkyl halides is 4. The summed E-state index contributed by atoms with van der Waals surface area (Å²) in [5, 5.41) is 8.65. The van der Waals surface area contributed by atoms with E-state index in [1.165, 1.54) is 6.92 Å². The van der Waals surface area contributed by atoms with Gasteiger partial charge in [0, 0.05) is 0 Å². The molecule has 0 heterocycles. The van der Waals surface area contributed by atoms with Gasteiger partial charge in [0.25, 0.3) is 0 Å². The van der Waals surface area contributed by atoms with E-state index in [-0.39, 0.29) is 0 Å². The normalized spacial score (nSPS) is 29.5. The van der Waals surface area contributed by atoms with E-state index in [4.69, 9.17) is 51.5 Å². The molecule has 0 atom stereocenters. The summed E-state index contributed by atoms with van der Waals surface area (Å²) < 4.78 is -3.20. The summed E-state index contributed by atoms with van der Waals surface area (Å²) in [4.78, 5) is 10.6. The molecule has 1 N–H and O–H groups in total. The number of rotatable bonds is 1. The molecule has 0 aromatic heterocycles. The Kier molecular flexibility index (Phi) is 1.86. The summed E-state index contributed by atoms with van der Waals surface area (Å²) in [6.07, 6.45) is 0. The first-order valence-corrected chi connectivity index (χ1v) is 4.20. The van der Waals surface area contributed by atoms with Crippen LogP contribution in [0.4, 0.5) is 0 Å². The van der Waals surface area contributed by atoms with Crippen molar-refractivity contribution in [2.75, 3.05) is 0 Å². The highest BCUT2D eigenvalue weighted by Gasteiger charge is 2.88. The Hall–Kier alpha value is 0.630. The molecule has 64 valence electrons. The van der Waals surface area contributed by atoms with E-state index in [2.05, 4.69) is 0 Å². The second kappa shape index (κ2) is 2.11. The molecule has 0 amide bonds. The predicted molar refractivity (Wildman–Crippen MR) is 44.6 cm³/mol. The predicted octanol–water partition coefficient (Wildman–Crippen LogP) is 2.44. The SMILES string of the molecule is CC1(C(=O)O)C(Cl)(Cl)C1(Cl)Cl. The van der Waals surface area contributed by atoms with E-state index < -0.39 is 20.1 Å². The zero-order valence-corrected chi connectivity index (χ0v) is 8.39. The number of carbonyl (C=O) groups is 1. The molecule has 0 radical (unpaired) electrons. The van der Waals surface area contributed by atoms with Crippen molar-refractivity contribution in [3.05, 3.63) is 0 Å². The highest BCUT2D eigenvalue weighted by Crippen LogP contribution is 2.77. The highest BCUT2D eigenvalue weighted by atomic mass is 35.5. The first-order chi connectivity index (χ1) is 4.69. The Morgan fingerprint density at radius 1 is 1.18 bits per heavy atom. The van der Waals surface area contributed by atoms with Gasteiger partial charge >= 0.3 is 5.97 Å². The second-order valence-electron chi connectivity index (χ2n) is 2.58. The Labute approximate surface area is 83.4 Å². The fourth-order valence-corrected chi connectivity index (χ4v) is 2.46. The van der Waals surface area contributed by atoms with Crippen molar-refractivity contribution in [1.29, 1.82) is 0 Å². The molecule has 0 bridgehead atoms. The lowest BCUT2D eigenvalue weighted by Gasteiger charge is -2.02. The number of hydrogen-bond acceptors (Lipinski definition) is 1. The molecule has 0 saturated heterocycles. The van der Waals surface area contributed by atoms with Crippen LogP contribution >= 0.6 is 46.4 Å². The molecule has 1 aliphatic carbocycles. The molecule has 1 rings (SSSR count). The average Bonchev–Trinajstić information content (AvgIpc) is 2.11. The van der Waals surface area contributed by atoms with Crippen molar-refractivity contribution < 1.29 is 9.90 Å². The minimum atomic E-state index is -1.60. The molecule has 11 heavy (non-hydrogen) atoms. The van der Waals surface area contributed by atoms with Gasteiger partial charge in [0.1, 0.15) is 5.41 Å². The molecule has 0 aliphatic heterocycles. The third kappa shape index (κ3) is 0.791. The summed E-state index contributed by atoms with van der Waals surface area (Å²) in [5.41, 5.74) is -1.48. The third-order valence-corrected chi connectivity index (χ3v) is 5.05. The van der Waals surface area contributed by atoms with E-state index in [0.29, 0.717) is 0 Å². The van der Waals surface area contributed by atoms with Crippen molar-refractivity contribution in [3.63, 3.8) is 0 Å². The van der Waals surface area contributed by atoms with Gasteiger partial charge in [0.2, 0.25) is 0 Å². The maximum Gasteiger partial charge on any atom is 0.315 e. The number of hydrogen-bond donors (Lipinski definition) is 1. The molecule has 2 nitrogen and oxygen atoms in total. The van der Waals surface area contributed by atoms with Crippen LogP contribution in [0.15, 0.2) is 0 Å². The van der Waals surface area contributed by atoms with Gasteiger partial charge in [-0.2, -0.15) is 0 Å². The average molecular weight is 238 g/mol. The van der Waals surface area contributed by atoms with E-state index >= 15 is 0 Å². The highest BCUT2D eigenvalue weighted by molar-refractivity contribution is 6.70. The van der Waals surface area contributed by atoms with Crippen LogP contribution in [-0.4, -0.2) is 19.7 Å². The molecule has 1 aliphatic rings. The van der Waals surface area contributed by atoms with Crippen LogP contribution in [0.3, 0.4) is 0 Å². The smallest absolute Gasteiger partial charge is 0.315 e. The lowest BCUT2D eigenvalue weighted by atomic mass is 10.1. The van der Waals surface area contributed by atoms with Crippen LogP contribution in [0.5, 0.6) is 0 Å². The van der Waals surface area contributed by atoms with Gasteiger partial charge in [-0.1, -0.05) is 46.4 Å². The summed E-state index contributed by atoms with van der Waals surface area (Å²) in [6.45, 7) is 1.30. The zero-order valence-electron chi connectivity index (χ0n) is 5.37.